The Morgan fingerprint density at radius 3 is 2.05 bits per heavy atom. The Labute approximate surface area is 224 Å². The number of benzene rings is 3. The van der Waals surface area contributed by atoms with Gasteiger partial charge in [-0.3, -0.25) is 4.79 Å². The summed E-state index contributed by atoms with van der Waals surface area (Å²) in [5, 5.41) is 0. The van der Waals surface area contributed by atoms with Gasteiger partial charge in [0, 0.05) is 12.1 Å². The molecule has 1 unspecified atom stereocenters. The molecule has 0 bridgehead atoms. The zero-order valence-electron chi connectivity index (χ0n) is 22.9. The standard InChI is InChI=1S/C31H35NO6/c1-31(2,3)23-11-7-20(8-12-23)29(33)32-16-15-22-17-27(35-4)28(36-5)18-25(22)26(32)19-38-24-13-9-21(10-14-24)30(34)37-6/h7-14,17-18,26H,15-16,19H2,1-6H3. The van der Waals surface area contributed by atoms with Crippen LogP contribution >= 0.6 is 0 Å². The van der Waals surface area contributed by atoms with Crippen LogP contribution in [0.1, 0.15) is 64.2 Å². The number of methoxy groups -OCH3 is 3. The molecule has 7 heteroatoms. The van der Waals surface area contributed by atoms with Crippen LogP contribution in [0.4, 0.5) is 0 Å². The Morgan fingerprint density at radius 1 is 0.868 bits per heavy atom. The highest BCUT2D eigenvalue weighted by atomic mass is 16.5. The molecule has 3 aromatic rings. The number of carbonyl (C=O) groups is 2. The highest BCUT2D eigenvalue weighted by Crippen LogP contribution is 2.39. The summed E-state index contributed by atoms with van der Waals surface area (Å²) in [5.74, 6) is 1.38. The maximum Gasteiger partial charge on any atom is 0.337 e. The fourth-order valence-corrected chi connectivity index (χ4v) is 4.71. The summed E-state index contributed by atoms with van der Waals surface area (Å²) in [6.07, 6.45) is 0.686. The van der Waals surface area contributed by atoms with Gasteiger partial charge in [0.15, 0.2) is 11.5 Å². The van der Waals surface area contributed by atoms with E-state index in [1.165, 1.54) is 12.7 Å². The van der Waals surface area contributed by atoms with Gasteiger partial charge in [-0.1, -0.05) is 32.9 Å². The van der Waals surface area contributed by atoms with Crippen molar-refractivity contribution in [3.63, 3.8) is 0 Å². The number of carbonyl (C=O) groups excluding carboxylic acids is 2. The van der Waals surface area contributed by atoms with Gasteiger partial charge in [-0.2, -0.15) is 0 Å². The van der Waals surface area contributed by atoms with Crippen molar-refractivity contribution < 1.29 is 28.5 Å². The number of hydrogen-bond donors (Lipinski definition) is 0. The molecule has 0 saturated heterocycles. The molecule has 38 heavy (non-hydrogen) atoms. The van der Waals surface area contributed by atoms with Crippen molar-refractivity contribution in [2.75, 3.05) is 34.5 Å². The van der Waals surface area contributed by atoms with Crippen LogP contribution < -0.4 is 14.2 Å². The second-order valence-corrected chi connectivity index (χ2v) is 10.3. The van der Waals surface area contributed by atoms with Crippen LogP contribution in [0.25, 0.3) is 0 Å². The van der Waals surface area contributed by atoms with Gasteiger partial charge in [0.2, 0.25) is 0 Å². The molecule has 0 aromatic heterocycles. The van der Waals surface area contributed by atoms with E-state index in [2.05, 4.69) is 20.8 Å². The van der Waals surface area contributed by atoms with E-state index in [4.69, 9.17) is 18.9 Å². The van der Waals surface area contributed by atoms with Crippen LogP contribution in [-0.2, 0) is 16.6 Å². The van der Waals surface area contributed by atoms with Crippen LogP contribution in [0.3, 0.4) is 0 Å². The van der Waals surface area contributed by atoms with Gasteiger partial charge < -0.3 is 23.8 Å². The predicted octanol–water partition coefficient (Wildman–Crippen LogP) is 5.61. The van der Waals surface area contributed by atoms with Crippen molar-refractivity contribution in [3.05, 3.63) is 88.5 Å². The summed E-state index contributed by atoms with van der Waals surface area (Å²) in [6, 6.07) is 18.2. The maximum absolute atomic E-state index is 13.8. The van der Waals surface area contributed by atoms with Crippen molar-refractivity contribution in [2.24, 2.45) is 0 Å². The normalized spacial score (nSPS) is 14.9. The Hall–Kier alpha value is -4.00. The summed E-state index contributed by atoms with van der Waals surface area (Å²) >= 11 is 0. The lowest BCUT2D eigenvalue weighted by molar-refractivity contribution is 0.0582. The average Bonchev–Trinajstić information content (AvgIpc) is 2.94. The Kier molecular flexibility index (Phi) is 7.95. The van der Waals surface area contributed by atoms with E-state index in [0.717, 1.165) is 11.1 Å². The highest BCUT2D eigenvalue weighted by Gasteiger charge is 2.33. The Bertz CT molecular complexity index is 1290. The van der Waals surface area contributed by atoms with Gasteiger partial charge in [0.1, 0.15) is 12.4 Å². The van der Waals surface area contributed by atoms with E-state index in [1.807, 2.05) is 41.3 Å². The summed E-state index contributed by atoms with van der Waals surface area (Å²) in [5.41, 5.74) is 4.29. The molecule has 0 spiro atoms. The van der Waals surface area contributed by atoms with Crippen LogP contribution in [0.2, 0.25) is 0 Å². The number of hydrogen-bond acceptors (Lipinski definition) is 6. The Balaban J connectivity index is 1.65. The smallest absolute Gasteiger partial charge is 0.337 e. The molecule has 1 aliphatic heterocycles. The molecule has 200 valence electrons. The zero-order valence-corrected chi connectivity index (χ0v) is 22.9. The number of rotatable bonds is 7. The molecular formula is C31H35NO6. The molecule has 0 N–H and O–H groups in total. The maximum atomic E-state index is 13.8. The first-order chi connectivity index (χ1) is 18.2. The average molecular weight is 518 g/mol. The Morgan fingerprint density at radius 2 is 1.47 bits per heavy atom. The van der Waals surface area contributed by atoms with Gasteiger partial charge in [0.25, 0.3) is 5.91 Å². The summed E-state index contributed by atoms with van der Waals surface area (Å²) in [4.78, 5) is 27.4. The van der Waals surface area contributed by atoms with E-state index in [-0.39, 0.29) is 24.0 Å². The SMILES string of the molecule is COC(=O)c1ccc(OCC2c3cc(OC)c(OC)cc3CCN2C(=O)c2ccc(C(C)(C)C)cc2)cc1. The van der Waals surface area contributed by atoms with Crippen molar-refractivity contribution in [1.82, 2.24) is 4.90 Å². The first-order valence-electron chi connectivity index (χ1n) is 12.6. The van der Waals surface area contributed by atoms with Crippen LogP contribution in [-0.4, -0.2) is 51.3 Å². The largest absolute Gasteiger partial charge is 0.493 e. The molecule has 1 heterocycles. The van der Waals surface area contributed by atoms with E-state index in [9.17, 15) is 9.59 Å². The minimum Gasteiger partial charge on any atom is -0.493 e. The van der Waals surface area contributed by atoms with E-state index >= 15 is 0 Å². The first kappa shape index (κ1) is 27.0. The molecule has 0 aliphatic carbocycles. The third kappa shape index (κ3) is 5.62. The monoisotopic (exact) mass is 517 g/mol. The number of nitrogens with zero attached hydrogens (tertiary/aromatic N) is 1. The van der Waals surface area contributed by atoms with Crippen LogP contribution in [0, 0.1) is 0 Å². The van der Waals surface area contributed by atoms with Crippen molar-refractivity contribution in [2.45, 2.75) is 38.6 Å². The number of amides is 1. The lowest BCUT2D eigenvalue weighted by atomic mass is 9.86. The molecule has 0 fully saturated rings. The third-order valence-corrected chi connectivity index (χ3v) is 6.94. The second-order valence-electron chi connectivity index (χ2n) is 10.3. The zero-order chi connectivity index (χ0) is 27.4. The van der Waals surface area contributed by atoms with Crippen LogP contribution in [0.5, 0.6) is 17.2 Å². The number of esters is 1. The molecule has 1 aliphatic rings. The minimum atomic E-state index is -0.409. The van der Waals surface area contributed by atoms with Crippen LogP contribution in [0.15, 0.2) is 60.7 Å². The molecule has 7 nitrogen and oxygen atoms in total. The van der Waals surface area contributed by atoms with Gasteiger partial charge in [0.05, 0.1) is 32.9 Å². The molecule has 1 atom stereocenters. The lowest BCUT2D eigenvalue weighted by Gasteiger charge is -2.37. The predicted molar refractivity (Wildman–Crippen MR) is 145 cm³/mol. The topological polar surface area (TPSA) is 74.3 Å². The third-order valence-electron chi connectivity index (χ3n) is 6.94. The second kappa shape index (κ2) is 11.2. The number of ether oxygens (including phenoxy) is 4. The van der Waals surface area contributed by atoms with E-state index in [0.29, 0.717) is 41.3 Å². The van der Waals surface area contributed by atoms with Crippen molar-refractivity contribution >= 4 is 11.9 Å². The fraction of sp³-hybridized carbons (Fsp3) is 0.355. The lowest BCUT2D eigenvalue weighted by Crippen LogP contribution is -2.42. The number of fused-ring (bicyclic) bond motifs is 1. The minimum absolute atomic E-state index is 0.00103. The summed E-state index contributed by atoms with van der Waals surface area (Å²) < 4.78 is 22.0. The fourth-order valence-electron chi connectivity index (χ4n) is 4.71. The molecule has 0 saturated carbocycles. The summed E-state index contributed by atoms with van der Waals surface area (Å²) in [7, 11) is 4.56. The molecule has 3 aromatic carbocycles. The first-order valence-corrected chi connectivity index (χ1v) is 12.6. The van der Waals surface area contributed by atoms with E-state index < -0.39 is 5.97 Å². The molecule has 0 radical (unpaired) electrons. The quantitative estimate of drug-likeness (QED) is 0.380. The van der Waals surface area contributed by atoms with Crippen molar-refractivity contribution in [3.8, 4) is 17.2 Å². The molecular weight excluding hydrogens is 482 g/mol. The van der Waals surface area contributed by atoms with Gasteiger partial charge in [-0.05, 0) is 77.1 Å². The molecule has 1 amide bonds. The van der Waals surface area contributed by atoms with Gasteiger partial charge in [-0.25, -0.2) is 4.79 Å². The van der Waals surface area contributed by atoms with Gasteiger partial charge in [-0.15, -0.1) is 0 Å². The van der Waals surface area contributed by atoms with E-state index in [1.54, 1.807) is 38.5 Å². The van der Waals surface area contributed by atoms with Crippen molar-refractivity contribution in [1.29, 1.82) is 0 Å². The summed E-state index contributed by atoms with van der Waals surface area (Å²) in [6.45, 7) is 7.22. The van der Waals surface area contributed by atoms with Gasteiger partial charge >= 0.3 is 5.97 Å². The highest BCUT2D eigenvalue weighted by molar-refractivity contribution is 5.95. The molecule has 4 rings (SSSR count).